The Kier molecular flexibility index (Phi) is 4.83. The molecule has 0 saturated carbocycles. The van der Waals surface area contributed by atoms with Crippen molar-refractivity contribution in [1.82, 2.24) is 4.57 Å². The Morgan fingerprint density at radius 2 is 1.85 bits per heavy atom. The summed E-state index contributed by atoms with van der Waals surface area (Å²) in [5.74, 6) is -2.79. The number of sulfone groups is 1. The molecule has 0 bridgehead atoms. The first-order valence-corrected chi connectivity index (χ1v) is 9.64. The molecule has 0 saturated heterocycles. The Morgan fingerprint density at radius 1 is 1.15 bits per heavy atom. The van der Waals surface area contributed by atoms with E-state index >= 15 is 0 Å². The van der Waals surface area contributed by atoms with Crippen LogP contribution in [0.5, 0.6) is 5.75 Å². The van der Waals surface area contributed by atoms with Crippen LogP contribution in [0.25, 0.3) is 16.9 Å². The average Bonchev–Trinajstić information content (AvgIpc) is 2.97. The van der Waals surface area contributed by atoms with E-state index in [4.69, 9.17) is 20.8 Å². The molecule has 0 spiro atoms. The van der Waals surface area contributed by atoms with Crippen molar-refractivity contribution in [3.05, 3.63) is 63.8 Å². The predicted octanol–water partition coefficient (Wildman–Crippen LogP) is 3.44. The molecule has 0 aliphatic carbocycles. The number of methoxy groups -OCH3 is 1. The summed E-state index contributed by atoms with van der Waals surface area (Å²) in [5.41, 5.74) is -0.225. The third-order valence-corrected chi connectivity index (χ3v) is 5.21. The monoisotopic (exact) mass is 415 g/mol. The van der Waals surface area contributed by atoms with Gasteiger partial charge < -0.3 is 9.15 Å². The van der Waals surface area contributed by atoms with Crippen LogP contribution in [-0.2, 0) is 9.84 Å². The number of rotatable bonds is 4. The van der Waals surface area contributed by atoms with Gasteiger partial charge in [0, 0.05) is 17.9 Å². The van der Waals surface area contributed by atoms with E-state index in [1.165, 1.54) is 25.3 Å². The molecule has 0 unspecified atom stereocenters. The van der Waals surface area contributed by atoms with Gasteiger partial charge in [0.1, 0.15) is 28.5 Å². The zero-order chi connectivity index (χ0) is 19.9. The Labute approximate surface area is 157 Å². The fraction of sp³-hybridized carbons (Fsp3) is 0.118. The van der Waals surface area contributed by atoms with Crippen LogP contribution < -0.4 is 10.5 Å². The number of oxazole rings is 1. The van der Waals surface area contributed by atoms with E-state index in [1.54, 1.807) is 0 Å². The van der Waals surface area contributed by atoms with Crippen molar-refractivity contribution >= 4 is 21.4 Å². The summed E-state index contributed by atoms with van der Waals surface area (Å²) in [4.78, 5) is 11.3. The van der Waals surface area contributed by atoms with Crippen LogP contribution in [0.3, 0.4) is 0 Å². The van der Waals surface area contributed by atoms with Crippen LogP contribution in [-0.4, -0.2) is 26.4 Å². The zero-order valence-electron chi connectivity index (χ0n) is 14.0. The quantitative estimate of drug-likeness (QED) is 0.652. The van der Waals surface area contributed by atoms with Gasteiger partial charge in [0.15, 0.2) is 9.84 Å². The zero-order valence-corrected chi connectivity index (χ0v) is 15.6. The molecule has 0 radical (unpaired) electrons. The van der Waals surface area contributed by atoms with Crippen LogP contribution in [0.1, 0.15) is 0 Å². The van der Waals surface area contributed by atoms with Crippen LogP contribution in [0.15, 0.2) is 50.7 Å². The third-order valence-electron chi connectivity index (χ3n) is 3.78. The summed E-state index contributed by atoms with van der Waals surface area (Å²) < 4.78 is 62.7. The lowest BCUT2D eigenvalue weighted by molar-refractivity contribution is 0.414. The molecule has 142 valence electrons. The number of halogens is 3. The van der Waals surface area contributed by atoms with Crippen molar-refractivity contribution in [3.8, 4) is 22.7 Å². The molecule has 3 aromatic rings. The molecule has 0 fully saturated rings. The van der Waals surface area contributed by atoms with Gasteiger partial charge in [-0.25, -0.2) is 26.6 Å². The molecule has 3 rings (SSSR count). The van der Waals surface area contributed by atoms with E-state index in [0.717, 1.165) is 17.1 Å². The van der Waals surface area contributed by atoms with Crippen molar-refractivity contribution in [2.24, 2.45) is 0 Å². The van der Waals surface area contributed by atoms with E-state index in [-0.39, 0.29) is 27.7 Å². The summed E-state index contributed by atoms with van der Waals surface area (Å²) in [6.45, 7) is 0. The van der Waals surface area contributed by atoms with Crippen molar-refractivity contribution < 1.29 is 26.4 Å². The molecule has 6 nitrogen and oxygen atoms in total. The van der Waals surface area contributed by atoms with E-state index in [0.29, 0.717) is 12.1 Å². The molecule has 0 aliphatic rings. The van der Waals surface area contributed by atoms with Gasteiger partial charge in [0.25, 0.3) is 0 Å². The summed E-state index contributed by atoms with van der Waals surface area (Å²) in [5, 5.41) is 0.286. The Morgan fingerprint density at radius 3 is 2.48 bits per heavy atom. The second-order valence-electron chi connectivity index (χ2n) is 5.58. The maximum absolute atomic E-state index is 14.5. The van der Waals surface area contributed by atoms with Crippen molar-refractivity contribution in [3.63, 3.8) is 0 Å². The van der Waals surface area contributed by atoms with Gasteiger partial charge in [-0.3, -0.25) is 0 Å². The number of aromatic nitrogens is 1. The van der Waals surface area contributed by atoms with Gasteiger partial charge in [-0.2, -0.15) is 0 Å². The second-order valence-corrected chi connectivity index (χ2v) is 7.97. The SMILES string of the molecule is COc1cc(-n2c(-c3cc(F)c(S(C)(=O)=O)cc3F)coc2=O)ccc1Cl. The molecule has 0 N–H and O–H groups in total. The minimum atomic E-state index is -3.96. The Balaban J connectivity index is 2.25. The number of benzene rings is 2. The van der Waals surface area contributed by atoms with Crippen molar-refractivity contribution in [1.29, 1.82) is 0 Å². The summed E-state index contributed by atoms with van der Waals surface area (Å²) >= 11 is 5.96. The highest BCUT2D eigenvalue weighted by atomic mass is 35.5. The van der Waals surface area contributed by atoms with Crippen LogP contribution in [0.2, 0.25) is 5.02 Å². The highest BCUT2D eigenvalue weighted by molar-refractivity contribution is 7.90. The maximum atomic E-state index is 14.5. The first-order chi connectivity index (χ1) is 12.6. The Hall–Kier alpha value is -2.65. The number of nitrogens with zero attached hydrogens (tertiary/aromatic N) is 1. The van der Waals surface area contributed by atoms with E-state index in [9.17, 15) is 22.0 Å². The van der Waals surface area contributed by atoms with E-state index in [2.05, 4.69) is 0 Å². The van der Waals surface area contributed by atoms with Gasteiger partial charge in [-0.1, -0.05) is 11.6 Å². The van der Waals surface area contributed by atoms with Gasteiger partial charge >= 0.3 is 5.76 Å². The van der Waals surface area contributed by atoms with Crippen LogP contribution in [0, 0.1) is 11.6 Å². The molecule has 0 aliphatic heterocycles. The molecule has 10 heteroatoms. The Bertz CT molecular complexity index is 1200. The lowest BCUT2D eigenvalue weighted by Gasteiger charge is -2.11. The smallest absolute Gasteiger partial charge is 0.424 e. The molecular weight excluding hydrogens is 404 g/mol. The van der Waals surface area contributed by atoms with Crippen molar-refractivity contribution in [2.75, 3.05) is 13.4 Å². The first kappa shape index (κ1) is 19.1. The minimum Gasteiger partial charge on any atom is -0.495 e. The summed E-state index contributed by atoms with van der Waals surface area (Å²) in [6.07, 6.45) is 1.71. The fourth-order valence-corrected chi connectivity index (χ4v) is 3.46. The maximum Gasteiger partial charge on any atom is 0.424 e. The molecule has 2 aromatic carbocycles. The molecule has 27 heavy (non-hydrogen) atoms. The molecule has 1 heterocycles. The number of ether oxygens (including phenoxy) is 1. The largest absolute Gasteiger partial charge is 0.495 e. The predicted molar refractivity (Wildman–Crippen MR) is 94.3 cm³/mol. The topological polar surface area (TPSA) is 78.5 Å². The van der Waals surface area contributed by atoms with Gasteiger partial charge in [-0.15, -0.1) is 0 Å². The lowest BCUT2D eigenvalue weighted by atomic mass is 10.1. The van der Waals surface area contributed by atoms with E-state index in [1.807, 2.05) is 0 Å². The molecule has 0 amide bonds. The summed E-state index contributed by atoms with van der Waals surface area (Å²) in [7, 11) is -2.59. The van der Waals surface area contributed by atoms with Crippen molar-refractivity contribution in [2.45, 2.75) is 4.90 Å². The highest BCUT2D eigenvalue weighted by Gasteiger charge is 2.22. The number of hydrogen-bond donors (Lipinski definition) is 0. The highest BCUT2D eigenvalue weighted by Crippen LogP contribution is 2.31. The normalized spacial score (nSPS) is 11.6. The fourth-order valence-electron chi connectivity index (χ4n) is 2.53. The van der Waals surface area contributed by atoms with Gasteiger partial charge in [0.05, 0.1) is 23.5 Å². The third kappa shape index (κ3) is 3.47. The molecular formula is C17H12ClF2NO5S. The van der Waals surface area contributed by atoms with Crippen LogP contribution >= 0.6 is 11.6 Å². The number of hydrogen-bond acceptors (Lipinski definition) is 5. The first-order valence-electron chi connectivity index (χ1n) is 7.37. The molecule has 1 aromatic heterocycles. The lowest BCUT2D eigenvalue weighted by Crippen LogP contribution is -2.14. The standard InChI is InChI=1S/C17H12ClF2NO5S/c1-25-15-5-9(3-4-11(15)18)21-14(8-26-17(21)22)10-6-13(20)16(7-12(10)19)27(2,23)24/h3-8H,1-2H3. The minimum absolute atomic E-state index is 0.110. The van der Waals surface area contributed by atoms with Gasteiger partial charge in [-0.05, 0) is 24.3 Å². The summed E-state index contributed by atoms with van der Waals surface area (Å²) in [6, 6.07) is 5.60. The van der Waals surface area contributed by atoms with Gasteiger partial charge in [0.2, 0.25) is 0 Å². The van der Waals surface area contributed by atoms with Crippen LogP contribution in [0.4, 0.5) is 8.78 Å². The van der Waals surface area contributed by atoms with E-state index < -0.39 is 32.1 Å². The molecule has 0 atom stereocenters. The second kappa shape index (κ2) is 6.82. The average molecular weight is 416 g/mol.